The fraction of sp³-hybridized carbons (Fsp3) is 0.0714. The molecule has 0 spiro atoms. The van der Waals surface area contributed by atoms with Gasteiger partial charge in [-0.2, -0.15) is 13.2 Å². The molecule has 20 heavy (non-hydrogen) atoms. The summed E-state index contributed by atoms with van der Waals surface area (Å²) in [5.41, 5.74) is 6.11. The van der Waals surface area contributed by atoms with Gasteiger partial charge < -0.3 is 5.73 Å². The van der Waals surface area contributed by atoms with Gasteiger partial charge in [-0.05, 0) is 24.3 Å². The standard InChI is InChI=1S/C14H9F3N2.ClH/c15-14(16,17)12-3-1-2-10(6-12)4-5-11-7-13(18)9-19-8-11;/h1-3,6-9H,18H2;1H. The molecule has 0 fully saturated rings. The molecule has 2 rings (SSSR count). The second-order valence-corrected chi connectivity index (χ2v) is 3.84. The fourth-order valence-electron chi connectivity index (χ4n) is 1.44. The molecular weight excluding hydrogens is 289 g/mol. The van der Waals surface area contributed by atoms with E-state index >= 15 is 0 Å². The van der Waals surface area contributed by atoms with Gasteiger partial charge >= 0.3 is 6.18 Å². The van der Waals surface area contributed by atoms with Crippen LogP contribution in [0.2, 0.25) is 0 Å². The van der Waals surface area contributed by atoms with Gasteiger partial charge in [-0.15, -0.1) is 12.4 Å². The Morgan fingerprint density at radius 3 is 2.35 bits per heavy atom. The molecule has 0 bridgehead atoms. The molecule has 2 N–H and O–H groups in total. The molecule has 0 atom stereocenters. The van der Waals surface area contributed by atoms with Crippen molar-refractivity contribution in [3.8, 4) is 11.8 Å². The average molecular weight is 299 g/mol. The molecule has 1 aromatic heterocycles. The monoisotopic (exact) mass is 298 g/mol. The second kappa shape index (κ2) is 6.31. The second-order valence-electron chi connectivity index (χ2n) is 3.84. The van der Waals surface area contributed by atoms with Crippen molar-refractivity contribution >= 4 is 18.1 Å². The summed E-state index contributed by atoms with van der Waals surface area (Å²) in [5.74, 6) is 5.38. The van der Waals surface area contributed by atoms with Gasteiger partial charge in [-0.1, -0.05) is 17.9 Å². The van der Waals surface area contributed by atoms with Gasteiger partial charge in [0, 0.05) is 23.5 Å². The molecule has 2 nitrogen and oxygen atoms in total. The van der Waals surface area contributed by atoms with Crippen LogP contribution in [0.1, 0.15) is 16.7 Å². The van der Waals surface area contributed by atoms with Crippen LogP contribution in [0, 0.1) is 11.8 Å². The minimum atomic E-state index is -4.36. The number of nitrogens with zero attached hydrogens (tertiary/aromatic N) is 1. The number of hydrogen-bond acceptors (Lipinski definition) is 2. The minimum absolute atomic E-state index is 0. The zero-order valence-electron chi connectivity index (χ0n) is 10.1. The molecule has 0 aliphatic carbocycles. The van der Waals surface area contributed by atoms with Crippen LogP contribution in [0.4, 0.5) is 18.9 Å². The number of rotatable bonds is 0. The Hall–Kier alpha value is -2.19. The smallest absolute Gasteiger partial charge is 0.397 e. The van der Waals surface area contributed by atoms with E-state index in [1.165, 1.54) is 24.5 Å². The van der Waals surface area contributed by atoms with E-state index in [2.05, 4.69) is 16.8 Å². The van der Waals surface area contributed by atoms with Crippen LogP contribution < -0.4 is 5.73 Å². The summed E-state index contributed by atoms with van der Waals surface area (Å²) in [6.45, 7) is 0. The van der Waals surface area contributed by atoms with Crippen molar-refractivity contribution in [3.05, 3.63) is 59.4 Å². The molecule has 0 saturated heterocycles. The number of alkyl halides is 3. The minimum Gasteiger partial charge on any atom is -0.397 e. The molecule has 0 saturated carbocycles. The van der Waals surface area contributed by atoms with Crippen molar-refractivity contribution < 1.29 is 13.2 Å². The SMILES string of the molecule is Cl.Nc1cncc(C#Cc2cccc(C(F)(F)F)c2)c1. The first kappa shape index (κ1) is 15.9. The first-order valence-electron chi connectivity index (χ1n) is 5.35. The highest BCUT2D eigenvalue weighted by atomic mass is 35.5. The summed E-state index contributed by atoms with van der Waals surface area (Å²) in [7, 11) is 0. The zero-order chi connectivity index (χ0) is 13.9. The Labute approximate surface area is 120 Å². The third-order valence-electron chi connectivity index (χ3n) is 2.30. The molecule has 2 aromatic rings. The molecular formula is C14H10ClF3N2. The van der Waals surface area contributed by atoms with Gasteiger partial charge in [0.1, 0.15) is 0 Å². The highest BCUT2D eigenvalue weighted by molar-refractivity contribution is 5.85. The topological polar surface area (TPSA) is 38.9 Å². The molecule has 104 valence electrons. The van der Waals surface area contributed by atoms with E-state index in [-0.39, 0.29) is 18.0 Å². The lowest BCUT2D eigenvalue weighted by Gasteiger charge is -2.05. The summed E-state index contributed by atoms with van der Waals surface area (Å²) in [6.07, 6.45) is -1.40. The van der Waals surface area contributed by atoms with E-state index in [1.807, 2.05) is 0 Å². The van der Waals surface area contributed by atoms with Gasteiger partial charge in [0.2, 0.25) is 0 Å². The largest absolute Gasteiger partial charge is 0.416 e. The Morgan fingerprint density at radius 2 is 1.70 bits per heavy atom. The van der Waals surface area contributed by atoms with Crippen molar-refractivity contribution in [2.75, 3.05) is 5.73 Å². The molecule has 0 amide bonds. The van der Waals surface area contributed by atoms with E-state index in [9.17, 15) is 13.2 Å². The number of aromatic nitrogens is 1. The average Bonchev–Trinajstić information content (AvgIpc) is 2.36. The number of halogens is 4. The van der Waals surface area contributed by atoms with Gasteiger partial charge in [0.25, 0.3) is 0 Å². The van der Waals surface area contributed by atoms with E-state index in [4.69, 9.17) is 5.73 Å². The normalized spacial score (nSPS) is 10.2. The highest BCUT2D eigenvalue weighted by Crippen LogP contribution is 2.29. The van der Waals surface area contributed by atoms with Crippen LogP contribution in [0.3, 0.4) is 0 Å². The Morgan fingerprint density at radius 1 is 1.00 bits per heavy atom. The lowest BCUT2D eigenvalue weighted by atomic mass is 10.1. The summed E-state index contributed by atoms with van der Waals surface area (Å²) in [4.78, 5) is 3.85. The molecule has 0 radical (unpaired) electrons. The predicted molar refractivity (Wildman–Crippen MR) is 73.3 cm³/mol. The Bertz CT molecular complexity index is 657. The summed E-state index contributed by atoms with van der Waals surface area (Å²) < 4.78 is 37.5. The zero-order valence-corrected chi connectivity index (χ0v) is 10.9. The van der Waals surface area contributed by atoms with Crippen LogP contribution >= 0.6 is 12.4 Å². The molecule has 0 aliphatic heterocycles. The number of hydrogen-bond donors (Lipinski definition) is 1. The van der Waals surface area contributed by atoms with Gasteiger partial charge in [0.15, 0.2) is 0 Å². The fourth-order valence-corrected chi connectivity index (χ4v) is 1.44. The van der Waals surface area contributed by atoms with Gasteiger partial charge in [0.05, 0.1) is 11.3 Å². The van der Waals surface area contributed by atoms with Crippen molar-refractivity contribution in [2.45, 2.75) is 6.18 Å². The van der Waals surface area contributed by atoms with E-state index in [1.54, 1.807) is 6.07 Å². The van der Waals surface area contributed by atoms with Gasteiger partial charge in [-0.3, -0.25) is 4.98 Å². The van der Waals surface area contributed by atoms with Crippen LogP contribution in [-0.4, -0.2) is 4.98 Å². The highest BCUT2D eigenvalue weighted by Gasteiger charge is 2.30. The molecule has 6 heteroatoms. The van der Waals surface area contributed by atoms with Crippen LogP contribution in [-0.2, 0) is 6.18 Å². The van der Waals surface area contributed by atoms with E-state index in [0.717, 1.165) is 12.1 Å². The molecule has 1 heterocycles. The third-order valence-corrected chi connectivity index (χ3v) is 2.30. The third kappa shape index (κ3) is 4.18. The Kier molecular flexibility index (Phi) is 5.00. The predicted octanol–water partition coefficient (Wildman–Crippen LogP) is 3.50. The van der Waals surface area contributed by atoms with Crippen molar-refractivity contribution in [2.24, 2.45) is 0 Å². The van der Waals surface area contributed by atoms with E-state index in [0.29, 0.717) is 11.3 Å². The lowest BCUT2D eigenvalue weighted by Crippen LogP contribution is -2.04. The quantitative estimate of drug-likeness (QED) is 0.756. The number of anilines is 1. The van der Waals surface area contributed by atoms with Crippen molar-refractivity contribution in [1.82, 2.24) is 4.98 Å². The summed E-state index contributed by atoms with van der Waals surface area (Å²) in [6, 6.07) is 6.46. The maximum absolute atomic E-state index is 12.5. The maximum Gasteiger partial charge on any atom is 0.416 e. The maximum atomic E-state index is 12.5. The number of pyridine rings is 1. The number of nitrogens with two attached hydrogens (primary N) is 1. The molecule has 0 aliphatic rings. The van der Waals surface area contributed by atoms with Crippen molar-refractivity contribution in [3.63, 3.8) is 0 Å². The van der Waals surface area contributed by atoms with Crippen LogP contribution in [0.25, 0.3) is 0 Å². The number of nitrogen functional groups attached to an aromatic ring is 1. The molecule has 0 unspecified atom stereocenters. The summed E-state index contributed by atoms with van der Waals surface area (Å²) >= 11 is 0. The lowest BCUT2D eigenvalue weighted by molar-refractivity contribution is -0.137. The molecule has 1 aromatic carbocycles. The summed E-state index contributed by atoms with van der Waals surface area (Å²) in [5, 5.41) is 0. The first-order chi connectivity index (χ1) is 8.95. The van der Waals surface area contributed by atoms with Crippen molar-refractivity contribution in [1.29, 1.82) is 0 Å². The van der Waals surface area contributed by atoms with Gasteiger partial charge in [-0.25, -0.2) is 0 Å². The first-order valence-corrected chi connectivity index (χ1v) is 5.35. The van der Waals surface area contributed by atoms with Crippen LogP contribution in [0.15, 0.2) is 42.7 Å². The van der Waals surface area contributed by atoms with E-state index < -0.39 is 11.7 Å². The van der Waals surface area contributed by atoms with Crippen LogP contribution in [0.5, 0.6) is 0 Å². The Balaban J connectivity index is 0.00000200. The number of benzene rings is 1.